The number of hydrogen-bond donors (Lipinski definition) is 1. The van der Waals surface area contributed by atoms with Crippen LogP contribution in [0.25, 0.3) is 0 Å². The fourth-order valence-corrected chi connectivity index (χ4v) is 3.45. The maximum atomic E-state index is 12.5. The van der Waals surface area contributed by atoms with E-state index < -0.39 is 17.6 Å². The van der Waals surface area contributed by atoms with Crippen LogP contribution in [0.3, 0.4) is 0 Å². The summed E-state index contributed by atoms with van der Waals surface area (Å²) < 4.78 is 12.6. The number of pyridine rings is 1. The molecule has 1 aromatic heterocycles. The van der Waals surface area contributed by atoms with Crippen LogP contribution in [-0.4, -0.2) is 52.2 Å². The Morgan fingerprint density at radius 2 is 1.83 bits per heavy atom. The number of carbonyl (C=O) groups is 3. The van der Waals surface area contributed by atoms with E-state index >= 15 is 0 Å². The maximum Gasteiger partial charge on any atom is 0.410 e. The van der Waals surface area contributed by atoms with E-state index in [-0.39, 0.29) is 36.4 Å². The molecule has 0 radical (unpaired) electrons. The Hall–Kier alpha value is -2.84. The summed E-state index contributed by atoms with van der Waals surface area (Å²) >= 11 is 0. The molecule has 1 N–H and O–H groups in total. The Labute approximate surface area is 169 Å². The van der Waals surface area contributed by atoms with Crippen LogP contribution in [0.5, 0.6) is 5.75 Å². The largest absolute Gasteiger partial charge is 0.480 e. The Morgan fingerprint density at radius 3 is 2.41 bits per heavy atom. The van der Waals surface area contributed by atoms with Crippen LogP contribution in [0.1, 0.15) is 52.5 Å². The molecule has 0 saturated carbocycles. The van der Waals surface area contributed by atoms with Crippen LogP contribution in [-0.2, 0) is 14.3 Å². The van der Waals surface area contributed by atoms with Gasteiger partial charge in [-0.05, 0) is 39.7 Å². The number of likely N-dealkylation sites (tertiary alicyclic amines) is 1. The highest BCUT2D eigenvalue weighted by atomic mass is 16.6. The molecule has 0 spiro atoms. The topological polar surface area (TPSA) is 107 Å². The van der Waals surface area contributed by atoms with Crippen molar-refractivity contribution < 1.29 is 23.9 Å². The molecule has 9 nitrogen and oxygen atoms in total. The van der Waals surface area contributed by atoms with E-state index in [9.17, 15) is 19.2 Å². The third-order valence-corrected chi connectivity index (χ3v) is 4.90. The zero-order chi connectivity index (χ0) is 21.2. The number of nitrogens with zero attached hydrogens (tertiary/aromatic N) is 2. The van der Waals surface area contributed by atoms with Gasteiger partial charge in [0.2, 0.25) is 5.91 Å². The Kier molecular flexibility index (Phi) is 5.95. The summed E-state index contributed by atoms with van der Waals surface area (Å²) in [5, 5.41) is 2.23. The number of nitrogens with one attached hydrogen (secondary N) is 1. The van der Waals surface area contributed by atoms with Crippen molar-refractivity contribution in [2.24, 2.45) is 0 Å². The molecule has 3 heterocycles. The summed E-state index contributed by atoms with van der Waals surface area (Å²) in [5.41, 5.74) is -0.769. The van der Waals surface area contributed by atoms with Gasteiger partial charge in [0, 0.05) is 44.2 Å². The van der Waals surface area contributed by atoms with Crippen molar-refractivity contribution in [3.05, 3.63) is 28.7 Å². The van der Waals surface area contributed by atoms with E-state index in [4.69, 9.17) is 9.47 Å². The zero-order valence-corrected chi connectivity index (χ0v) is 17.0. The predicted octanol–water partition coefficient (Wildman–Crippen LogP) is 1.60. The van der Waals surface area contributed by atoms with Gasteiger partial charge in [0.1, 0.15) is 11.4 Å². The van der Waals surface area contributed by atoms with Crippen LogP contribution in [0.4, 0.5) is 4.79 Å². The monoisotopic (exact) mass is 405 g/mol. The third-order valence-electron chi connectivity index (χ3n) is 4.90. The van der Waals surface area contributed by atoms with Crippen LogP contribution in [0.15, 0.2) is 23.1 Å². The van der Waals surface area contributed by atoms with Gasteiger partial charge in [0.15, 0.2) is 6.10 Å². The van der Waals surface area contributed by atoms with Gasteiger partial charge in [0.25, 0.3) is 11.5 Å². The lowest BCUT2D eigenvalue weighted by molar-refractivity contribution is -0.138. The van der Waals surface area contributed by atoms with Gasteiger partial charge in [-0.15, -0.1) is 0 Å². The van der Waals surface area contributed by atoms with Crippen molar-refractivity contribution in [2.45, 2.75) is 64.2 Å². The number of carbonyl (C=O) groups excluding carboxylic acids is 3. The summed E-state index contributed by atoms with van der Waals surface area (Å²) in [5.74, 6) is -0.505. The van der Waals surface area contributed by atoms with Crippen LogP contribution >= 0.6 is 0 Å². The SMILES string of the molecule is CC(C)(C)OC(=O)N1CCC(n2ccc(O[C@@H]3CCC(=O)NC3=O)cc2=O)CC1. The number of imide groups is 1. The molecule has 3 rings (SSSR count). The van der Waals surface area contributed by atoms with Gasteiger partial charge in [0.05, 0.1) is 0 Å². The number of piperidine rings is 2. The average molecular weight is 405 g/mol. The third kappa shape index (κ3) is 5.36. The highest BCUT2D eigenvalue weighted by molar-refractivity contribution is 5.99. The molecule has 9 heteroatoms. The van der Waals surface area contributed by atoms with E-state index in [1.165, 1.54) is 6.07 Å². The normalized spacial score (nSPS) is 20.9. The highest BCUT2D eigenvalue weighted by Gasteiger charge is 2.29. The van der Waals surface area contributed by atoms with Crippen LogP contribution < -0.4 is 15.6 Å². The summed E-state index contributed by atoms with van der Waals surface area (Å²) in [7, 11) is 0. The van der Waals surface area contributed by atoms with Crippen molar-refractivity contribution in [3.63, 3.8) is 0 Å². The highest BCUT2D eigenvalue weighted by Crippen LogP contribution is 2.24. The number of ether oxygens (including phenoxy) is 2. The molecular weight excluding hydrogens is 378 g/mol. The Bertz CT molecular complexity index is 849. The second kappa shape index (κ2) is 8.26. The standard InChI is InChI=1S/C20H27N3O6/c1-20(2,3)29-19(27)22-9-6-13(7-10-22)23-11-8-14(12-17(23)25)28-15-4-5-16(24)21-18(15)26/h8,11-13,15H,4-7,9-10H2,1-3H3,(H,21,24,26)/t15-/m1/s1. The minimum atomic E-state index is -0.778. The number of hydrogen-bond acceptors (Lipinski definition) is 6. The molecule has 3 amide bonds. The van der Waals surface area contributed by atoms with Gasteiger partial charge < -0.3 is 18.9 Å². The lowest BCUT2D eigenvalue weighted by Gasteiger charge is -2.34. The summed E-state index contributed by atoms with van der Waals surface area (Å²) in [4.78, 5) is 49.4. The molecule has 1 aromatic rings. The molecule has 2 saturated heterocycles. The molecule has 0 aromatic carbocycles. The second-order valence-electron chi connectivity index (χ2n) is 8.36. The molecular formula is C20H27N3O6. The summed E-state index contributed by atoms with van der Waals surface area (Å²) in [6.45, 7) is 6.52. The van der Waals surface area contributed by atoms with E-state index in [0.29, 0.717) is 31.7 Å². The molecule has 2 fully saturated rings. The lowest BCUT2D eigenvalue weighted by Crippen LogP contribution is -2.46. The van der Waals surface area contributed by atoms with Crippen molar-refractivity contribution in [1.82, 2.24) is 14.8 Å². The van der Waals surface area contributed by atoms with Crippen molar-refractivity contribution in [3.8, 4) is 5.75 Å². The van der Waals surface area contributed by atoms with E-state index in [1.807, 2.05) is 20.8 Å². The summed E-state index contributed by atoms with van der Waals surface area (Å²) in [6.07, 6.45) is 2.33. The van der Waals surface area contributed by atoms with Crippen LogP contribution in [0.2, 0.25) is 0 Å². The van der Waals surface area contributed by atoms with Gasteiger partial charge in [-0.1, -0.05) is 0 Å². The zero-order valence-electron chi connectivity index (χ0n) is 17.0. The molecule has 1 atom stereocenters. The Morgan fingerprint density at radius 1 is 1.14 bits per heavy atom. The molecule has 0 aliphatic carbocycles. The molecule has 2 aliphatic heterocycles. The number of amides is 3. The van der Waals surface area contributed by atoms with Crippen molar-refractivity contribution >= 4 is 17.9 Å². The minimum Gasteiger partial charge on any atom is -0.480 e. The van der Waals surface area contributed by atoms with E-state index in [0.717, 1.165) is 0 Å². The van der Waals surface area contributed by atoms with Gasteiger partial charge >= 0.3 is 6.09 Å². The first-order valence-corrected chi connectivity index (χ1v) is 9.83. The first kappa shape index (κ1) is 20.9. The molecule has 2 aliphatic rings. The first-order chi connectivity index (χ1) is 13.6. The predicted molar refractivity (Wildman–Crippen MR) is 104 cm³/mol. The molecule has 29 heavy (non-hydrogen) atoms. The molecule has 158 valence electrons. The van der Waals surface area contributed by atoms with Crippen molar-refractivity contribution in [2.75, 3.05) is 13.1 Å². The minimum absolute atomic E-state index is 0.0224. The second-order valence-corrected chi connectivity index (χ2v) is 8.36. The smallest absolute Gasteiger partial charge is 0.410 e. The van der Waals surface area contributed by atoms with Gasteiger partial charge in [-0.25, -0.2) is 4.79 Å². The van der Waals surface area contributed by atoms with Crippen molar-refractivity contribution in [1.29, 1.82) is 0 Å². The quantitative estimate of drug-likeness (QED) is 0.766. The van der Waals surface area contributed by atoms with Gasteiger partial charge in [-0.2, -0.15) is 0 Å². The average Bonchev–Trinajstić information content (AvgIpc) is 2.63. The first-order valence-electron chi connectivity index (χ1n) is 9.83. The fraction of sp³-hybridized carbons (Fsp3) is 0.600. The lowest BCUT2D eigenvalue weighted by atomic mass is 10.0. The Balaban J connectivity index is 1.59. The summed E-state index contributed by atoms with van der Waals surface area (Å²) in [6, 6.07) is 2.97. The molecule has 0 unspecified atom stereocenters. The number of rotatable bonds is 3. The fourth-order valence-electron chi connectivity index (χ4n) is 3.45. The molecule has 0 bridgehead atoms. The van der Waals surface area contributed by atoms with Gasteiger partial charge in [-0.3, -0.25) is 19.7 Å². The van der Waals surface area contributed by atoms with E-state index in [2.05, 4.69) is 5.32 Å². The maximum absolute atomic E-state index is 12.5. The van der Waals surface area contributed by atoms with E-state index in [1.54, 1.807) is 21.7 Å². The number of aromatic nitrogens is 1. The van der Waals surface area contributed by atoms with Crippen LogP contribution in [0, 0.1) is 0 Å².